The fourth-order valence-electron chi connectivity index (χ4n) is 2.60. The molecule has 0 bridgehead atoms. The first-order chi connectivity index (χ1) is 13.1. The molecule has 0 aliphatic carbocycles. The number of ether oxygens (including phenoxy) is 1. The summed E-state index contributed by atoms with van der Waals surface area (Å²) in [5, 5.41) is 6.62. The average Bonchev–Trinajstić information content (AvgIpc) is 2.69. The largest absolute Gasteiger partial charge is 0.495 e. The first-order valence-electron chi connectivity index (χ1n) is 8.49. The highest BCUT2D eigenvalue weighted by atomic mass is 35.5. The lowest BCUT2D eigenvalue weighted by molar-refractivity contribution is 0.0939. The molecule has 1 aromatic heterocycles. The van der Waals surface area contributed by atoms with E-state index >= 15 is 0 Å². The van der Waals surface area contributed by atoms with Crippen molar-refractivity contribution in [2.75, 3.05) is 12.4 Å². The maximum atomic E-state index is 12.4. The summed E-state index contributed by atoms with van der Waals surface area (Å²) < 4.78 is 5.14. The van der Waals surface area contributed by atoms with E-state index in [4.69, 9.17) is 16.3 Å². The maximum Gasteiger partial charge on any atom is 0.253 e. The minimum atomic E-state index is -0.169. The highest BCUT2D eigenvalue weighted by Gasteiger charge is 2.12. The molecule has 1 atom stereocenters. The molecular weight excluding hydrogens is 362 g/mol. The van der Waals surface area contributed by atoms with Crippen LogP contribution in [0.1, 0.15) is 28.9 Å². The third-order valence-electron chi connectivity index (χ3n) is 4.10. The summed E-state index contributed by atoms with van der Waals surface area (Å²) in [6.45, 7) is 1.95. The van der Waals surface area contributed by atoms with Crippen LogP contribution in [0.3, 0.4) is 0 Å². The van der Waals surface area contributed by atoms with Gasteiger partial charge in [0.2, 0.25) is 0 Å². The Morgan fingerprint density at radius 2 is 1.89 bits per heavy atom. The minimum absolute atomic E-state index is 0.0852. The molecule has 3 aromatic rings. The molecule has 2 N–H and O–H groups in total. The van der Waals surface area contributed by atoms with E-state index in [0.29, 0.717) is 22.2 Å². The molecule has 0 saturated heterocycles. The number of amides is 1. The van der Waals surface area contributed by atoms with Crippen molar-refractivity contribution in [2.24, 2.45) is 0 Å². The van der Waals surface area contributed by atoms with Crippen LogP contribution in [0, 0.1) is 0 Å². The van der Waals surface area contributed by atoms with Crippen LogP contribution in [0.5, 0.6) is 5.75 Å². The highest BCUT2D eigenvalue weighted by molar-refractivity contribution is 6.32. The van der Waals surface area contributed by atoms with E-state index in [0.717, 1.165) is 11.3 Å². The summed E-state index contributed by atoms with van der Waals surface area (Å²) in [6.07, 6.45) is 1.54. The molecule has 3 rings (SSSR count). The first kappa shape index (κ1) is 18.7. The van der Waals surface area contributed by atoms with E-state index in [2.05, 4.69) is 15.6 Å². The minimum Gasteiger partial charge on any atom is -0.495 e. The molecular formula is C21H20ClN3O2. The van der Waals surface area contributed by atoms with E-state index in [1.54, 1.807) is 37.6 Å². The lowest BCUT2D eigenvalue weighted by atomic mass is 10.1. The van der Waals surface area contributed by atoms with Gasteiger partial charge in [0.15, 0.2) is 0 Å². The van der Waals surface area contributed by atoms with Crippen LogP contribution in [-0.4, -0.2) is 18.0 Å². The molecule has 0 aliphatic rings. The van der Waals surface area contributed by atoms with Crippen LogP contribution in [0.2, 0.25) is 5.02 Å². The van der Waals surface area contributed by atoms with Gasteiger partial charge in [-0.3, -0.25) is 4.79 Å². The molecule has 0 spiro atoms. The van der Waals surface area contributed by atoms with Gasteiger partial charge in [-0.15, -0.1) is 0 Å². The number of hydrogen-bond donors (Lipinski definition) is 2. The average molecular weight is 382 g/mol. The monoisotopic (exact) mass is 381 g/mol. The maximum absolute atomic E-state index is 12.4. The van der Waals surface area contributed by atoms with Crippen molar-refractivity contribution in [1.82, 2.24) is 10.3 Å². The third-order valence-corrected chi connectivity index (χ3v) is 4.39. The Kier molecular flexibility index (Phi) is 5.94. The van der Waals surface area contributed by atoms with Crippen molar-refractivity contribution in [3.8, 4) is 5.75 Å². The molecule has 1 heterocycles. The predicted octanol–water partition coefficient (Wildman–Crippen LogP) is 4.98. The number of carbonyl (C=O) groups is 1. The molecule has 1 amide bonds. The van der Waals surface area contributed by atoms with Gasteiger partial charge in [-0.1, -0.05) is 41.9 Å². The number of pyridine rings is 1. The van der Waals surface area contributed by atoms with Crippen LogP contribution in [0.25, 0.3) is 0 Å². The Bertz CT molecular complexity index is 914. The van der Waals surface area contributed by atoms with E-state index in [1.165, 1.54) is 0 Å². The standard InChI is InChI=1S/C21H20ClN3O2/c1-14(15-6-4-3-5-7-15)24-21(26)16-8-11-20(23-13-16)25-17-9-10-19(27-2)18(22)12-17/h3-14H,1-2H3,(H,23,25)(H,24,26). The number of anilines is 2. The van der Waals surface area contributed by atoms with Gasteiger partial charge in [0.25, 0.3) is 5.91 Å². The second kappa shape index (κ2) is 8.56. The molecule has 0 radical (unpaired) electrons. The van der Waals surface area contributed by atoms with Crippen molar-refractivity contribution < 1.29 is 9.53 Å². The molecule has 2 aromatic carbocycles. The van der Waals surface area contributed by atoms with E-state index in [1.807, 2.05) is 43.3 Å². The topological polar surface area (TPSA) is 63.2 Å². The number of nitrogens with one attached hydrogen (secondary N) is 2. The molecule has 5 nitrogen and oxygen atoms in total. The number of nitrogens with zero attached hydrogens (tertiary/aromatic N) is 1. The fourth-order valence-corrected chi connectivity index (χ4v) is 2.86. The van der Waals surface area contributed by atoms with Crippen molar-refractivity contribution in [2.45, 2.75) is 13.0 Å². The van der Waals surface area contributed by atoms with Gasteiger partial charge < -0.3 is 15.4 Å². The highest BCUT2D eigenvalue weighted by Crippen LogP contribution is 2.28. The Labute approximate surface area is 163 Å². The molecule has 1 unspecified atom stereocenters. The van der Waals surface area contributed by atoms with Crippen molar-refractivity contribution in [3.63, 3.8) is 0 Å². The third kappa shape index (κ3) is 4.77. The van der Waals surface area contributed by atoms with Gasteiger partial charge in [0.1, 0.15) is 11.6 Å². The van der Waals surface area contributed by atoms with Crippen LogP contribution in [-0.2, 0) is 0 Å². The number of aromatic nitrogens is 1. The first-order valence-corrected chi connectivity index (χ1v) is 8.87. The number of methoxy groups -OCH3 is 1. The van der Waals surface area contributed by atoms with E-state index < -0.39 is 0 Å². The van der Waals surface area contributed by atoms with Gasteiger partial charge in [-0.25, -0.2) is 4.98 Å². The van der Waals surface area contributed by atoms with Gasteiger partial charge in [0, 0.05) is 11.9 Å². The van der Waals surface area contributed by atoms with Gasteiger partial charge in [0.05, 0.1) is 23.7 Å². The SMILES string of the molecule is COc1ccc(Nc2ccc(C(=O)NC(C)c3ccccc3)cn2)cc1Cl. The summed E-state index contributed by atoms with van der Waals surface area (Å²) in [4.78, 5) is 16.7. The summed E-state index contributed by atoms with van der Waals surface area (Å²) >= 11 is 6.12. The van der Waals surface area contributed by atoms with Gasteiger partial charge in [-0.2, -0.15) is 0 Å². The molecule has 0 saturated carbocycles. The molecule has 6 heteroatoms. The lowest BCUT2D eigenvalue weighted by Crippen LogP contribution is -2.26. The number of halogens is 1. The van der Waals surface area contributed by atoms with Crippen LogP contribution >= 0.6 is 11.6 Å². The number of carbonyl (C=O) groups excluding carboxylic acids is 1. The van der Waals surface area contributed by atoms with Crippen molar-refractivity contribution >= 4 is 29.0 Å². The van der Waals surface area contributed by atoms with Gasteiger partial charge in [-0.05, 0) is 42.8 Å². The van der Waals surface area contributed by atoms with Gasteiger partial charge >= 0.3 is 0 Å². The predicted molar refractivity (Wildman–Crippen MR) is 108 cm³/mol. The Balaban J connectivity index is 1.64. The normalized spacial score (nSPS) is 11.5. The zero-order valence-corrected chi connectivity index (χ0v) is 15.8. The lowest BCUT2D eigenvalue weighted by Gasteiger charge is -2.14. The summed E-state index contributed by atoms with van der Waals surface area (Å²) in [5.41, 5.74) is 2.33. The Morgan fingerprint density at radius 1 is 1.11 bits per heavy atom. The Hall–Kier alpha value is -3.05. The van der Waals surface area contributed by atoms with E-state index in [9.17, 15) is 4.79 Å². The zero-order valence-electron chi connectivity index (χ0n) is 15.1. The van der Waals surface area contributed by atoms with Crippen molar-refractivity contribution in [3.05, 3.63) is 83.0 Å². The number of benzene rings is 2. The zero-order chi connectivity index (χ0) is 19.2. The summed E-state index contributed by atoms with van der Waals surface area (Å²) in [6, 6.07) is 18.6. The smallest absolute Gasteiger partial charge is 0.253 e. The number of rotatable bonds is 6. The van der Waals surface area contributed by atoms with E-state index in [-0.39, 0.29) is 11.9 Å². The summed E-state index contributed by atoms with van der Waals surface area (Å²) in [5.74, 6) is 1.05. The Morgan fingerprint density at radius 3 is 2.52 bits per heavy atom. The second-order valence-electron chi connectivity index (χ2n) is 6.01. The molecule has 27 heavy (non-hydrogen) atoms. The molecule has 0 fully saturated rings. The van der Waals surface area contributed by atoms with Crippen molar-refractivity contribution in [1.29, 1.82) is 0 Å². The summed E-state index contributed by atoms with van der Waals surface area (Å²) in [7, 11) is 1.57. The molecule has 138 valence electrons. The van der Waals surface area contributed by atoms with Crippen LogP contribution in [0.4, 0.5) is 11.5 Å². The second-order valence-corrected chi connectivity index (χ2v) is 6.42. The number of hydrogen-bond acceptors (Lipinski definition) is 4. The van der Waals surface area contributed by atoms with Crippen LogP contribution < -0.4 is 15.4 Å². The van der Waals surface area contributed by atoms with Crippen LogP contribution in [0.15, 0.2) is 66.9 Å². The quantitative estimate of drug-likeness (QED) is 0.632. The fraction of sp³-hybridized carbons (Fsp3) is 0.143. The molecule has 0 aliphatic heterocycles.